The Bertz CT molecular complexity index is 922. The lowest BCUT2D eigenvalue weighted by atomic mass is 10.2. The Labute approximate surface area is 149 Å². The molecule has 0 unspecified atom stereocenters. The van der Waals surface area contributed by atoms with Gasteiger partial charge in [-0.05, 0) is 38.1 Å². The molecular formula is C17H15Cl2N3O2. The van der Waals surface area contributed by atoms with Crippen LogP contribution in [0.15, 0.2) is 36.5 Å². The van der Waals surface area contributed by atoms with Crippen LogP contribution in [0.25, 0.3) is 5.65 Å². The fraction of sp³-hybridized carbons (Fsp3) is 0.176. The van der Waals surface area contributed by atoms with Gasteiger partial charge in [-0.3, -0.25) is 9.20 Å². The summed E-state index contributed by atoms with van der Waals surface area (Å²) in [4.78, 5) is 17.2. The predicted octanol–water partition coefficient (Wildman–Crippen LogP) is 4.60. The van der Waals surface area contributed by atoms with E-state index in [1.54, 1.807) is 35.7 Å². The summed E-state index contributed by atoms with van der Waals surface area (Å²) in [5.41, 5.74) is 2.06. The number of nitrogens with zero attached hydrogens (tertiary/aromatic N) is 2. The number of carbonyl (C=O) groups is 1. The minimum Gasteiger partial charge on any atom is -0.490 e. The number of rotatable bonds is 4. The number of amides is 1. The maximum Gasteiger partial charge on any atom is 0.274 e. The molecule has 0 fully saturated rings. The molecular weight excluding hydrogens is 349 g/mol. The molecule has 0 bridgehead atoms. The van der Waals surface area contributed by atoms with Crippen LogP contribution in [0.3, 0.4) is 0 Å². The molecule has 2 heterocycles. The number of anilines is 1. The molecule has 0 saturated carbocycles. The highest BCUT2D eigenvalue weighted by atomic mass is 35.5. The molecule has 5 nitrogen and oxygen atoms in total. The van der Waals surface area contributed by atoms with Gasteiger partial charge in [-0.25, -0.2) is 4.98 Å². The van der Waals surface area contributed by atoms with Crippen molar-refractivity contribution >= 4 is 40.4 Å². The van der Waals surface area contributed by atoms with Gasteiger partial charge in [0.1, 0.15) is 5.69 Å². The zero-order chi connectivity index (χ0) is 17.3. The number of hydrogen-bond acceptors (Lipinski definition) is 3. The molecule has 0 aliphatic rings. The van der Waals surface area contributed by atoms with E-state index in [9.17, 15) is 4.79 Å². The minimum atomic E-state index is -0.321. The summed E-state index contributed by atoms with van der Waals surface area (Å²) in [6, 6.07) is 8.70. The molecule has 0 spiro atoms. The zero-order valence-corrected chi connectivity index (χ0v) is 14.6. The maximum atomic E-state index is 12.7. The summed E-state index contributed by atoms with van der Waals surface area (Å²) in [5, 5.41) is 3.46. The van der Waals surface area contributed by atoms with E-state index in [2.05, 4.69) is 10.3 Å². The molecule has 1 amide bonds. The summed E-state index contributed by atoms with van der Waals surface area (Å²) >= 11 is 12.1. The van der Waals surface area contributed by atoms with E-state index < -0.39 is 0 Å². The van der Waals surface area contributed by atoms with Crippen LogP contribution in [0.2, 0.25) is 10.0 Å². The first kappa shape index (κ1) is 16.6. The van der Waals surface area contributed by atoms with E-state index in [0.29, 0.717) is 45.1 Å². The Balaban J connectivity index is 2.03. The van der Waals surface area contributed by atoms with E-state index >= 15 is 0 Å². The molecule has 0 aliphatic heterocycles. The maximum absolute atomic E-state index is 12.7. The zero-order valence-electron chi connectivity index (χ0n) is 13.1. The second-order valence-corrected chi connectivity index (χ2v) is 5.89. The molecule has 0 aliphatic carbocycles. The highest BCUT2D eigenvalue weighted by Crippen LogP contribution is 2.30. The van der Waals surface area contributed by atoms with E-state index in [0.717, 1.165) is 0 Å². The predicted molar refractivity (Wildman–Crippen MR) is 95.5 cm³/mol. The highest BCUT2D eigenvalue weighted by molar-refractivity contribution is 6.44. The van der Waals surface area contributed by atoms with Crippen LogP contribution in [0, 0.1) is 6.92 Å². The number of aromatic nitrogens is 2. The van der Waals surface area contributed by atoms with Crippen molar-refractivity contribution in [3.63, 3.8) is 0 Å². The van der Waals surface area contributed by atoms with Gasteiger partial charge in [0.25, 0.3) is 5.91 Å². The third-order valence-corrected chi connectivity index (χ3v) is 4.32. The monoisotopic (exact) mass is 363 g/mol. The molecule has 3 aromatic rings. The molecule has 1 N–H and O–H groups in total. The van der Waals surface area contributed by atoms with Crippen LogP contribution < -0.4 is 10.1 Å². The van der Waals surface area contributed by atoms with Crippen LogP contribution in [0.4, 0.5) is 5.69 Å². The van der Waals surface area contributed by atoms with Crippen molar-refractivity contribution in [2.45, 2.75) is 13.8 Å². The van der Waals surface area contributed by atoms with Gasteiger partial charge in [-0.1, -0.05) is 29.3 Å². The molecule has 7 heteroatoms. The number of pyridine rings is 1. The average Bonchev–Trinajstić information content (AvgIpc) is 2.89. The van der Waals surface area contributed by atoms with Gasteiger partial charge in [-0.2, -0.15) is 0 Å². The smallest absolute Gasteiger partial charge is 0.274 e. The van der Waals surface area contributed by atoms with Gasteiger partial charge >= 0.3 is 0 Å². The summed E-state index contributed by atoms with van der Waals surface area (Å²) < 4.78 is 7.27. The first-order chi connectivity index (χ1) is 11.5. The lowest BCUT2D eigenvalue weighted by Gasteiger charge is -2.09. The molecule has 124 valence electrons. The second-order valence-electron chi connectivity index (χ2n) is 5.10. The molecule has 3 rings (SSSR count). The van der Waals surface area contributed by atoms with Crippen molar-refractivity contribution in [1.82, 2.24) is 9.38 Å². The summed E-state index contributed by atoms with van der Waals surface area (Å²) in [6.45, 7) is 4.19. The summed E-state index contributed by atoms with van der Waals surface area (Å²) in [5.74, 6) is 0.306. The van der Waals surface area contributed by atoms with E-state index in [4.69, 9.17) is 27.9 Å². The van der Waals surface area contributed by atoms with Crippen molar-refractivity contribution in [3.05, 3.63) is 58.0 Å². The van der Waals surface area contributed by atoms with Crippen molar-refractivity contribution in [3.8, 4) is 5.75 Å². The lowest BCUT2D eigenvalue weighted by molar-refractivity contribution is 0.102. The minimum absolute atomic E-state index is 0.300. The van der Waals surface area contributed by atoms with Crippen LogP contribution >= 0.6 is 23.2 Å². The normalized spacial score (nSPS) is 10.8. The number of fused-ring (bicyclic) bond motifs is 1. The topological polar surface area (TPSA) is 55.6 Å². The Morgan fingerprint density at radius 3 is 2.83 bits per heavy atom. The largest absolute Gasteiger partial charge is 0.490 e. The number of aryl methyl sites for hydroxylation is 1. The van der Waals surface area contributed by atoms with Crippen molar-refractivity contribution in [2.24, 2.45) is 0 Å². The molecule has 0 atom stereocenters. The van der Waals surface area contributed by atoms with Crippen LogP contribution in [-0.2, 0) is 0 Å². The van der Waals surface area contributed by atoms with Gasteiger partial charge in [-0.15, -0.1) is 0 Å². The summed E-state index contributed by atoms with van der Waals surface area (Å²) in [6.07, 6.45) is 1.77. The number of carbonyl (C=O) groups excluding carboxylic acids is 1. The Hall–Kier alpha value is -2.24. The SMILES string of the molecule is CCOc1cccn2c(C(=O)Nc3cccc(Cl)c3Cl)c(C)nc12. The van der Waals surface area contributed by atoms with Crippen LogP contribution in [-0.4, -0.2) is 21.9 Å². The Morgan fingerprint density at radius 1 is 1.29 bits per heavy atom. The number of hydrogen-bond donors (Lipinski definition) is 1. The Kier molecular flexibility index (Phi) is 4.64. The average molecular weight is 364 g/mol. The number of ether oxygens (including phenoxy) is 1. The number of nitrogens with one attached hydrogen (secondary N) is 1. The van der Waals surface area contributed by atoms with Gasteiger partial charge in [0.2, 0.25) is 0 Å². The molecule has 2 aromatic heterocycles. The molecule has 0 saturated heterocycles. The summed E-state index contributed by atoms with van der Waals surface area (Å²) in [7, 11) is 0. The van der Waals surface area contributed by atoms with Crippen LogP contribution in [0.5, 0.6) is 5.75 Å². The van der Waals surface area contributed by atoms with Crippen molar-refractivity contribution in [2.75, 3.05) is 11.9 Å². The highest BCUT2D eigenvalue weighted by Gasteiger charge is 2.20. The van der Waals surface area contributed by atoms with Gasteiger partial charge in [0, 0.05) is 6.20 Å². The second kappa shape index (κ2) is 6.71. The van der Waals surface area contributed by atoms with Crippen LogP contribution in [0.1, 0.15) is 23.1 Å². The van der Waals surface area contributed by atoms with Gasteiger partial charge < -0.3 is 10.1 Å². The first-order valence-electron chi connectivity index (χ1n) is 7.38. The fourth-order valence-electron chi connectivity index (χ4n) is 2.48. The molecule has 24 heavy (non-hydrogen) atoms. The van der Waals surface area contributed by atoms with Crippen molar-refractivity contribution in [1.29, 1.82) is 0 Å². The third-order valence-electron chi connectivity index (χ3n) is 3.50. The fourth-order valence-corrected chi connectivity index (χ4v) is 2.83. The molecule has 1 aromatic carbocycles. The van der Waals surface area contributed by atoms with E-state index in [1.807, 2.05) is 19.1 Å². The standard InChI is InChI=1S/C17H15Cl2N3O2/c1-3-24-13-8-5-9-22-15(10(2)20-16(13)22)17(23)21-12-7-4-6-11(18)14(12)19/h4-9H,3H2,1-2H3,(H,21,23). The lowest BCUT2D eigenvalue weighted by Crippen LogP contribution is -2.16. The number of imidazole rings is 1. The number of halogens is 2. The third kappa shape index (κ3) is 2.92. The Morgan fingerprint density at radius 2 is 2.08 bits per heavy atom. The quantitative estimate of drug-likeness (QED) is 0.736. The molecule has 0 radical (unpaired) electrons. The van der Waals surface area contributed by atoms with Crippen molar-refractivity contribution < 1.29 is 9.53 Å². The number of benzene rings is 1. The van der Waals surface area contributed by atoms with Gasteiger partial charge in [0.15, 0.2) is 11.4 Å². The van der Waals surface area contributed by atoms with E-state index in [1.165, 1.54) is 0 Å². The van der Waals surface area contributed by atoms with Gasteiger partial charge in [0.05, 0.1) is 28.0 Å². The first-order valence-corrected chi connectivity index (χ1v) is 8.14. The van der Waals surface area contributed by atoms with E-state index in [-0.39, 0.29) is 5.91 Å².